The number of likely N-dealkylation sites (N-methyl/N-ethyl adjacent to an activating group) is 1. The van der Waals surface area contributed by atoms with Crippen LogP contribution in [0.15, 0.2) is 30.3 Å². The molecule has 1 fully saturated rings. The Labute approximate surface area is 127 Å². The number of amides is 1. The van der Waals surface area contributed by atoms with Crippen molar-refractivity contribution in [3.05, 3.63) is 35.9 Å². The van der Waals surface area contributed by atoms with Crippen LogP contribution in [0.3, 0.4) is 0 Å². The first kappa shape index (κ1) is 15.5. The van der Waals surface area contributed by atoms with Gasteiger partial charge in [-0.15, -0.1) is 0 Å². The summed E-state index contributed by atoms with van der Waals surface area (Å²) >= 11 is 0. The lowest BCUT2D eigenvalue weighted by molar-refractivity contribution is -0.140. The Hall–Kier alpha value is -1.86. The lowest BCUT2D eigenvalue weighted by atomic mass is 9.93. The van der Waals surface area contributed by atoms with E-state index in [4.69, 9.17) is 0 Å². The molecule has 1 aromatic carbocycles. The van der Waals surface area contributed by atoms with Crippen molar-refractivity contribution in [1.29, 1.82) is 5.26 Å². The summed E-state index contributed by atoms with van der Waals surface area (Å²) in [6.07, 6.45) is 0. The Morgan fingerprint density at radius 3 is 2.52 bits per heavy atom. The number of nitrogens with zero attached hydrogens (tertiary/aromatic N) is 3. The summed E-state index contributed by atoms with van der Waals surface area (Å²) in [6, 6.07) is 12.3. The summed E-state index contributed by atoms with van der Waals surface area (Å²) in [5, 5.41) is 9.30. The van der Waals surface area contributed by atoms with E-state index in [1.54, 1.807) is 0 Å². The largest absolute Gasteiger partial charge is 0.332 e. The van der Waals surface area contributed by atoms with Crippen molar-refractivity contribution in [3.63, 3.8) is 0 Å². The summed E-state index contributed by atoms with van der Waals surface area (Å²) in [5.41, 5.74) is 1.14. The first-order chi connectivity index (χ1) is 10.0. The molecule has 0 bridgehead atoms. The van der Waals surface area contributed by atoms with E-state index in [0.29, 0.717) is 6.54 Å². The maximum atomic E-state index is 12.7. The summed E-state index contributed by atoms with van der Waals surface area (Å²) in [4.78, 5) is 16.9. The zero-order chi connectivity index (χ0) is 15.4. The van der Waals surface area contributed by atoms with Gasteiger partial charge in [0.05, 0.1) is 12.1 Å². The van der Waals surface area contributed by atoms with Crippen LogP contribution in [-0.2, 0) is 4.79 Å². The van der Waals surface area contributed by atoms with E-state index in [-0.39, 0.29) is 17.9 Å². The molecule has 2 rings (SSSR count). The number of rotatable bonds is 3. The van der Waals surface area contributed by atoms with E-state index in [9.17, 15) is 10.1 Å². The third kappa shape index (κ3) is 3.43. The van der Waals surface area contributed by atoms with Gasteiger partial charge in [-0.2, -0.15) is 5.26 Å². The van der Waals surface area contributed by atoms with Crippen molar-refractivity contribution in [2.45, 2.75) is 19.9 Å². The quantitative estimate of drug-likeness (QED) is 0.856. The van der Waals surface area contributed by atoms with Gasteiger partial charge >= 0.3 is 0 Å². The Balaban J connectivity index is 2.27. The topological polar surface area (TPSA) is 47.3 Å². The number of piperazine rings is 1. The molecule has 112 valence electrons. The maximum Gasteiger partial charge on any atom is 0.240 e. The van der Waals surface area contributed by atoms with Crippen molar-refractivity contribution in [1.82, 2.24) is 9.80 Å². The van der Waals surface area contributed by atoms with E-state index in [1.807, 2.05) is 36.9 Å². The fourth-order valence-corrected chi connectivity index (χ4v) is 2.81. The summed E-state index contributed by atoms with van der Waals surface area (Å²) in [6.45, 7) is 6.20. The average molecular weight is 285 g/mol. The van der Waals surface area contributed by atoms with Crippen molar-refractivity contribution in [2.24, 2.45) is 11.8 Å². The predicted molar refractivity (Wildman–Crippen MR) is 82.3 cm³/mol. The maximum absolute atomic E-state index is 12.7. The van der Waals surface area contributed by atoms with Gasteiger partial charge in [0.15, 0.2) is 0 Å². The van der Waals surface area contributed by atoms with Crippen molar-refractivity contribution < 1.29 is 4.79 Å². The van der Waals surface area contributed by atoms with Gasteiger partial charge in [0.1, 0.15) is 5.92 Å². The minimum Gasteiger partial charge on any atom is -0.332 e. The van der Waals surface area contributed by atoms with Crippen LogP contribution in [0.25, 0.3) is 0 Å². The van der Waals surface area contributed by atoms with Crippen LogP contribution >= 0.6 is 0 Å². The molecule has 1 aromatic rings. The number of hydrogen-bond acceptors (Lipinski definition) is 3. The standard InChI is InChI=1S/C17H23N3O/c1-13(2)15(11-18)17(21)20-10-9-19(3)12-16(20)14-7-5-4-6-8-14/h4-8,13,15-16H,9-10,12H2,1-3H3. The second kappa shape index (κ2) is 6.73. The third-order valence-corrected chi connectivity index (χ3v) is 4.12. The van der Waals surface area contributed by atoms with Crippen molar-refractivity contribution in [2.75, 3.05) is 26.7 Å². The highest BCUT2D eigenvalue weighted by molar-refractivity contribution is 5.82. The molecule has 0 radical (unpaired) electrons. The Morgan fingerprint density at radius 1 is 1.29 bits per heavy atom. The summed E-state index contributed by atoms with van der Waals surface area (Å²) in [7, 11) is 2.07. The van der Waals surface area contributed by atoms with Gasteiger partial charge in [0.2, 0.25) is 5.91 Å². The van der Waals surface area contributed by atoms with Gasteiger partial charge in [-0.3, -0.25) is 4.79 Å². The number of carbonyl (C=O) groups is 1. The molecule has 0 N–H and O–H groups in total. The predicted octanol–water partition coefficient (Wildman–Crippen LogP) is 2.30. The Morgan fingerprint density at radius 2 is 1.95 bits per heavy atom. The van der Waals surface area contributed by atoms with Crippen LogP contribution in [0.4, 0.5) is 0 Å². The first-order valence-electron chi connectivity index (χ1n) is 7.48. The van der Waals surface area contributed by atoms with E-state index in [2.05, 4.69) is 30.1 Å². The molecular weight excluding hydrogens is 262 g/mol. The van der Waals surface area contributed by atoms with Gasteiger partial charge in [-0.1, -0.05) is 44.2 Å². The number of hydrogen-bond donors (Lipinski definition) is 0. The van der Waals surface area contributed by atoms with Gasteiger partial charge in [0.25, 0.3) is 0 Å². The molecule has 1 saturated heterocycles. The van der Waals surface area contributed by atoms with Gasteiger partial charge in [-0.05, 0) is 18.5 Å². The molecule has 1 amide bonds. The Bertz CT molecular complexity index is 521. The van der Waals surface area contributed by atoms with Gasteiger partial charge in [-0.25, -0.2) is 0 Å². The highest BCUT2D eigenvalue weighted by atomic mass is 16.2. The summed E-state index contributed by atoms with van der Waals surface area (Å²) in [5.74, 6) is -0.548. The van der Waals surface area contributed by atoms with Gasteiger partial charge in [0, 0.05) is 19.6 Å². The highest BCUT2D eigenvalue weighted by Crippen LogP contribution is 2.27. The molecule has 2 unspecified atom stereocenters. The fourth-order valence-electron chi connectivity index (χ4n) is 2.81. The van der Waals surface area contributed by atoms with Crippen LogP contribution < -0.4 is 0 Å². The molecule has 0 saturated carbocycles. The molecular formula is C17H23N3O. The second-order valence-electron chi connectivity index (χ2n) is 6.07. The van der Waals surface area contributed by atoms with Crippen LogP contribution in [0, 0.1) is 23.2 Å². The third-order valence-electron chi connectivity index (χ3n) is 4.12. The monoisotopic (exact) mass is 285 g/mol. The number of carbonyl (C=O) groups excluding carboxylic acids is 1. The lowest BCUT2D eigenvalue weighted by Crippen LogP contribution is -2.51. The van der Waals surface area contributed by atoms with Crippen LogP contribution in [0.2, 0.25) is 0 Å². The van der Waals surface area contributed by atoms with Gasteiger partial charge < -0.3 is 9.80 Å². The normalized spacial score (nSPS) is 21.1. The van der Waals surface area contributed by atoms with Crippen LogP contribution in [0.5, 0.6) is 0 Å². The SMILES string of the molecule is CC(C)C(C#N)C(=O)N1CCN(C)CC1c1ccccc1. The molecule has 0 spiro atoms. The molecule has 0 aromatic heterocycles. The van der Waals surface area contributed by atoms with Crippen LogP contribution in [-0.4, -0.2) is 42.4 Å². The molecule has 4 heteroatoms. The highest BCUT2D eigenvalue weighted by Gasteiger charge is 2.35. The molecule has 4 nitrogen and oxygen atoms in total. The molecule has 0 aliphatic carbocycles. The van der Waals surface area contributed by atoms with E-state index in [0.717, 1.165) is 18.7 Å². The zero-order valence-corrected chi connectivity index (χ0v) is 13.0. The second-order valence-corrected chi connectivity index (χ2v) is 6.07. The minimum absolute atomic E-state index is 0.0329. The fraction of sp³-hybridized carbons (Fsp3) is 0.529. The zero-order valence-electron chi connectivity index (χ0n) is 13.0. The molecule has 21 heavy (non-hydrogen) atoms. The number of benzene rings is 1. The minimum atomic E-state index is -0.556. The average Bonchev–Trinajstić information content (AvgIpc) is 2.48. The summed E-state index contributed by atoms with van der Waals surface area (Å²) < 4.78 is 0. The molecule has 1 heterocycles. The lowest BCUT2D eigenvalue weighted by Gasteiger charge is -2.41. The van der Waals surface area contributed by atoms with E-state index >= 15 is 0 Å². The smallest absolute Gasteiger partial charge is 0.240 e. The van der Waals surface area contributed by atoms with E-state index in [1.165, 1.54) is 0 Å². The van der Waals surface area contributed by atoms with Crippen molar-refractivity contribution in [3.8, 4) is 6.07 Å². The molecule has 1 aliphatic rings. The van der Waals surface area contributed by atoms with Crippen molar-refractivity contribution >= 4 is 5.91 Å². The first-order valence-corrected chi connectivity index (χ1v) is 7.48. The molecule has 2 atom stereocenters. The van der Waals surface area contributed by atoms with E-state index < -0.39 is 5.92 Å². The number of nitriles is 1. The Kier molecular flexibility index (Phi) is 4.98. The molecule has 1 aliphatic heterocycles. The van der Waals surface area contributed by atoms with Crippen LogP contribution in [0.1, 0.15) is 25.5 Å².